The fraction of sp³-hybridized carbons (Fsp3) is 0.333. The lowest BCUT2D eigenvalue weighted by Gasteiger charge is -2.08. The van der Waals surface area contributed by atoms with Gasteiger partial charge in [-0.15, -0.1) is 10.2 Å². The Kier molecular flexibility index (Phi) is 4.79. The van der Waals surface area contributed by atoms with Gasteiger partial charge in [-0.1, -0.05) is 23.9 Å². The molecule has 0 spiro atoms. The van der Waals surface area contributed by atoms with Gasteiger partial charge in [-0.3, -0.25) is 10.1 Å². The predicted octanol–water partition coefficient (Wildman–Crippen LogP) is 2.50. The number of aryl methyl sites for hydroxylation is 1. The number of thioether (sulfide) groups is 1. The standard InChI is InChI=1S/C15H16FN5O2S/c1-9-19-20-15(21(9)10-6-7-10)24-8-13(22)18-14(23)17-12-5-3-2-4-11(12)16/h2-5,10H,6-8H2,1H3,(H2,17,18,22,23). The van der Waals surface area contributed by atoms with E-state index in [0.29, 0.717) is 11.2 Å². The van der Waals surface area contributed by atoms with E-state index in [0.717, 1.165) is 18.7 Å². The summed E-state index contributed by atoms with van der Waals surface area (Å²) in [5, 5.41) is 13.2. The first kappa shape index (κ1) is 16.4. The molecule has 24 heavy (non-hydrogen) atoms. The lowest BCUT2D eigenvalue weighted by molar-refractivity contribution is -0.117. The van der Waals surface area contributed by atoms with Gasteiger partial charge in [0.2, 0.25) is 5.91 Å². The van der Waals surface area contributed by atoms with Crippen LogP contribution in [0.15, 0.2) is 29.4 Å². The van der Waals surface area contributed by atoms with Crippen molar-refractivity contribution in [1.82, 2.24) is 20.1 Å². The van der Waals surface area contributed by atoms with Gasteiger partial charge in [0, 0.05) is 6.04 Å². The Bertz CT molecular complexity index is 775. The fourth-order valence-corrected chi connectivity index (χ4v) is 3.06. The van der Waals surface area contributed by atoms with Gasteiger partial charge in [-0.2, -0.15) is 0 Å². The second-order valence-electron chi connectivity index (χ2n) is 5.40. The van der Waals surface area contributed by atoms with Crippen molar-refractivity contribution in [2.45, 2.75) is 31.0 Å². The molecule has 1 heterocycles. The van der Waals surface area contributed by atoms with Crippen molar-refractivity contribution in [2.24, 2.45) is 0 Å². The molecule has 7 nitrogen and oxygen atoms in total. The van der Waals surface area contributed by atoms with Crippen molar-refractivity contribution in [3.63, 3.8) is 0 Å². The van der Waals surface area contributed by atoms with E-state index in [9.17, 15) is 14.0 Å². The number of rotatable bonds is 5. The number of aromatic nitrogens is 3. The molecule has 0 bridgehead atoms. The van der Waals surface area contributed by atoms with Crippen molar-refractivity contribution in [1.29, 1.82) is 0 Å². The molecule has 0 atom stereocenters. The smallest absolute Gasteiger partial charge is 0.305 e. The van der Waals surface area contributed by atoms with E-state index >= 15 is 0 Å². The van der Waals surface area contributed by atoms with Crippen LogP contribution < -0.4 is 10.6 Å². The minimum absolute atomic E-state index is 0.0135. The Hall–Kier alpha value is -2.42. The highest BCUT2D eigenvalue weighted by Gasteiger charge is 2.28. The van der Waals surface area contributed by atoms with Crippen molar-refractivity contribution in [3.05, 3.63) is 35.9 Å². The van der Waals surface area contributed by atoms with Gasteiger partial charge in [-0.05, 0) is 31.9 Å². The fourth-order valence-electron chi connectivity index (χ4n) is 2.21. The summed E-state index contributed by atoms with van der Waals surface area (Å²) >= 11 is 1.22. The summed E-state index contributed by atoms with van der Waals surface area (Å²) in [5.74, 6) is -0.216. The van der Waals surface area contributed by atoms with Gasteiger partial charge in [0.15, 0.2) is 5.16 Å². The van der Waals surface area contributed by atoms with Crippen LogP contribution in [0.1, 0.15) is 24.7 Å². The highest BCUT2D eigenvalue weighted by Crippen LogP contribution is 2.38. The van der Waals surface area contributed by atoms with Crippen LogP contribution in [-0.4, -0.2) is 32.5 Å². The average Bonchev–Trinajstić information content (AvgIpc) is 3.30. The number of carbonyl (C=O) groups is 2. The number of nitrogens with zero attached hydrogens (tertiary/aromatic N) is 3. The monoisotopic (exact) mass is 349 g/mol. The van der Waals surface area contributed by atoms with Gasteiger partial charge in [0.05, 0.1) is 11.4 Å². The summed E-state index contributed by atoms with van der Waals surface area (Å²) in [7, 11) is 0. The maximum Gasteiger partial charge on any atom is 0.325 e. The minimum Gasteiger partial charge on any atom is -0.305 e. The summed E-state index contributed by atoms with van der Waals surface area (Å²) in [6, 6.07) is 5.37. The molecule has 3 amide bonds. The number of imide groups is 1. The van der Waals surface area contributed by atoms with Gasteiger partial charge in [0.25, 0.3) is 0 Å². The topological polar surface area (TPSA) is 88.9 Å². The molecule has 0 unspecified atom stereocenters. The molecule has 2 aromatic rings. The number of para-hydroxylation sites is 1. The second-order valence-corrected chi connectivity index (χ2v) is 6.34. The molecule has 2 N–H and O–H groups in total. The van der Waals surface area contributed by atoms with E-state index in [1.807, 2.05) is 11.5 Å². The van der Waals surface area contributed by atoms with Crippen LogP contribution in [0.2, 0.25) is 0 Å². The molecule has 3 rings (SSSR count). The third kappa shape index (κ3) is 3.91. The first-order chi connectivity index (χ1) is 11.5. The summed E-state index contributed by atoms with van der Waals surface area (Å²) in [6.07, 6.45) is 2.17. The summed E-state index contributed by atoms with van der Waals surface area (Å²) < 4.78 is 15.4. The molecule has 1 fully saturated rings. The maximum absolute atomic E-state index is 13.4. The SMILES string of the molecule is Cc1nnc(SCC(=O)NC(=O)Nc2ccccc2F)n1C1CC1. The molecule has 9 heteroatoms. The third-order valence-corrected chi connectivity index (χ3v) is 4.40. The average molecular weight is 349 g/mol. The number of halogens is 1. The zero-order valence-electron chi connectivity index (χ0n) is 13.0. The van der Waals surface area contributed by atoms with Gasteiger partial charge in [0.1, 0.15) is 11.6 Å². The van der Waals surface area contributed by atoms with Crippen LogP contribution in [0.25, 0.3) is 0 Å². The third-order valence-electron chi connectivity index (χ3n) is 3.45. The molecular weight excluding hydrogens is 333 g/mol. The van der Waals surface area contributed by atoms with E-state index < -0.39 is 17.8 Å². The van der Waals surface area contributed by atoms with Crippen molar-refractivity contribution >= 4 is 29.4 Å². The normalized spacial score (nSPS) is 13.6. The summed E-state index contributed by atoms with van der Waals surface area (Å²) in [5.41, 5.74) is 0.0135. The summed E-state index contributed by atoms with van der Waals surface area (Å²) in [4.78, 5) is 23.6. The van der Waals surface area contributed by atoms with Crippen LogP contribution in [0.3, 0.4) is 0 Å². The van der Waals surface area contributed by atoms with E-state index in [2.05, 4.69) is 20.8 Å². The lowest BCUT2D eigenvalue weighted by Crippen LogP contribution is -2.35. The molecular formula is C15H16FN5O2S. The molecule has 1 aliphatic carbocycles. The Morgan fingerprint density at radius 2 is 2.08 bits per heavy atom. The van der Waals surface area contributed by atoms with Crippen LogP contribution in [0, 0.1) is 12.7 Å². The van der Waals surface area contributed by atoms with Crippen molar-refractivity contribution in [2.75, 3.05) is 11.1 Å². The first-order valence-electron chi connectivity index (χ1n) is 7.44. The zero-order valence-corrected chi connectivity index (χ0v) is 13.8. The second kappa shape index (κ2) is 7.00. The highest BCUT2D eigenvalue weighted by atomic mass is 32.2. The quantitative estimate of drug-likeness (QED) is 0.810. The molecule has 1 aromatic carbocycles. The first-order valence-corrected chi connectivity index (χ1v) is 8.43. The molecule has 1 aromatic heterocycles. The number of urea groups is 1. The van der Waals surface area contributed by atoms with E-state index in [1.165, 1.54) is 30.0 Å². The molecule has 126 valence electrons. The Balaban J connectivity index is 1.51. The van der Waals surface area contributed by atoms with Crippen LogP contribution >= 0.6 is 11.8 Å². The van der Waals surface area contributed by atoms with Crippen molar-refractivity contribution in [3.8, 4) is 0 Å². The van der Waals surface area contributed by atoms with E-state index in [1.54, 1.807) is 6.07 Å². The van der Waals surface area contributed by atoms with Crippen LogP contribution in [0.5, 0.6) is 0 Å². The van der Waals surface area contributed by atoms with E-state index in [4.69, 9.17) is 0 Å². The van der Waals surface area contributed by atoms with Gasteiger partial charge >= 0.3 is 6.03 Å². The largest absolute Gasteiger partial charge is 0.325 e. The highest BCUT2D eigenvalue weighted by molar-refractivity contribution is 7.99. The molecule has 1 aliphatic rings. The number of benzene rings is 1. The van der Waals surface area contributed by atoms with Crippen LogP contribution in [0.4, 0.5) is 14.9 Å². The number of carbonyl (C=O) groups excluding carboxylic acids is 2. The maximum atomic E-state index is 13.4. The molecule has 0 saturated heterocycles. The van der Waals surface area contributed by atoms with E-state index in [-0.39, 0.29) is 11.4 Å². The number of anilines is 1. The van der Waals surface area contributed by atoms with Crippen molar-refractivity contribution < 1.29 is 14.0 Å². The van der Waals surface area contributed by atoms with Gasteiger partial charge < -0.3 is 9.88 Å². The summed E-state index contributed by atoms with van der Waals surface area (Å²) in [6.45, 7) is 1.87. The Morgan fingerprint density at radius 3 is 2.79 bits per heavy atom. The van der Waals surface area contributed by atoms with Gasteiger partial charge in [-0.25, -0.2) is 9.18 Å². The van der Waals surface area contributed by atoms with Crippen LogP contribution in [-0.2, 0) is 4.79 Å². The number of amides is 3. The minimum atomic E-state index is -0.773. The number of hydrogen-bond donors (Lipinski definition) is 2. The lowest BCUT2D eigenvalue weighted by atomic mass is 10.3. The molecule has 1 saturated carbocycles. The predicted molar refractivity (Wildman–Crippen MR) is 87.3 cm³/mol. The molecule has 0 aliphatic heterocycles. The molecule has 0 radical (unpaired) electrons. The zero-order chi connectivity index (χ0) is 17.1. The Morgan fingerprint density at radius 1 is 1.33 bits per heavy atom. The number of hydrogen-bond acceptors (Lipinski definition) is 5. The Labute approximate surface area is 142 Å². The number of nitrogens with one attached hydrogen (secondary N) is 2.